The molecule has 1 rings (SSSR count). The monoisotopic (exact) mass is 229 g/mol. The second-order valence-electron chi connectivity index (χ2n) is 3.05. The van der Waals surface area contributed by atoms with Gasteiger partial charge in [0.05, 0.1) is 17.7 Å². The first kappa shape index (κ1) is 11.4. The van der Waals surface area contributed by atoms with Crippen molar-refractivity contribution in [2.24, 2.45) is 0 Å². The van der Waals surface area contributed by atoms with Crippen LogP contribution in [0.3, 0.4) is 0 Å². The first-order valence-corrected chi connectivity index (χ1v) is 5.81. The molecule has 1 N–H and O–H groups in total. The summed E-state index contributed by atoms with van der Waals surface area (Å²) in [4.78, 5) is 7.50. The van der Waals surface area contributed by atoms with Crippen LogP contribution in [0.1, 0.15) is 17.5 Å². The number of thiocarbonyl (C=S) groups is 1. The molecule has 0 saturated heterocycles. The fourth-order valence-electron chi connectivity index (χ4n) is 1.05. The van der Waals surface area contributed by atoms with Crippen molar-refractivity contribution in [1.82, 2.24) is 15.2 Å². The van der Waals surface area contributed by atoms with Crippen LogP contribution in [0.25, 0.3) is 0 Å². The summed E-state index contributed by atoms with van der Waals surface area (Å²) < 4.78 is 0. The smallest absolute Gasteiger partial charge is 0.168 e. The van der Waals surface area contributed by atoms with Crippen molar-refractivity contribution in [3.63, 3.8) is 0 Å². The third-order valence-electron chi connectivity index (χ3n) is 1.90. The summed E-state index contributed by atoms with van der Waals surface area (Å²) in [7, 11) is 1.99. The molecule has 14 heavy (non-hydrogen) atoms. The minimum Gasteiger partial charge on any atom is -0.363 e. The van der Waals surface area contributed by atoms with Gasteiger partial charge in [0.2, 0.25) is 0 Å². The Morgan fingerprint density at radius 2 is 2.43 bits per heavy atom. The molecule has 0 unspecified atom stereocenters. The molecule has 0 bridgehead atoms. The maximum absolute atomic E-state index is 5.19. The topological polar surface area (TPSA) is 28.2 Å². The molecule has 1 aromatic rings. The number of nitrogens with one attached hydrogen (secondary N) is 1. The van der Waals surface area contributed by atoms with Gasteiger partial charge in [0.15, 0.2) is 5.11 Å². The number of thiazole rings is 1. The van der Waals surface area contributed by atoms with Gasteiger partial charge in [-0.15, -0.1) is 11.3 Å². The summed E-state index contributed by atoms with van der Waals surface area (Å²) in [6, 6.07) is 0. The fraction of sp³-hybridized carbons (Fsp3) is 0.556. The first-order valence-electron chi connectivity index (χ1n) is 4.53. The zero-order chi connectivity index (χ0) is 10.6. The van der Waals surface area contributed by atoms with E-state index in [1.54, 1.807) is 11.3 Å². The van der Waals surface area contributed by atoms with Gasteiger partial charge in [-0.05, 0) is 26.1 Å². The highest BCUT2D eigenvalue weighted by Gasteiger charge is 2.07. The predicted molar refractivity (Wildman–Crippen MR) is 64.6 cm³/mol. The Morgan fingerprint density at radius 3 is 2.93 bits per heavy atom. The van der Waals surface area contributed by atoms with E-state index in [4.69, 9.17) is 12.2 Å². The number of hydrogen-bond acceptors (Lipinski definition) is 3. The van der Waals surface area contributed by atoms with Crippen LogP contribution in [-0.2, 0) is 6.54 Å². The standard InChI is InChI=1S/C9H15N3S2/c1-4-10-9(13)12(3)5-8-7(2)11-6-14-8/h6H,4-5H2,1-3H3,(H,10,13). The highest BCUT2D eigenvalue weighted by Crippen LogP contribution is 2.13. The molecule has 0 aliphatic rings. The molecule has 0 amide bonds. The molecule has 1 aromatic heterocycles. The van der Waals surface area contributed by atoms with Gasteiger partial charge in [-0.1, -0.05) is 0 Å². The van der Waals surface area contributed by atoms with E-state index in [1.165, 1.54) is 4.88 Å². The van der Waals surface area contributed by atoms with Crippen LogP contribution in [0.5, 0.6) is 0 Å². The molecule has 0 atom stereocenters. The molecule has 0 saturated carbocycles. The lowest BCUT2D eigenvalue weighted by Crippen LogP contribution is -2.36. The molecule has 0 aliphatic heterocycles. The van der Waals surface area contributed by atoms with Crippen molar-refractivity contribution in [1.29, 1.82) is 0 Å². The van der Waals surface area contributed by atoms with E-state index in [0.29, 0.717) is 0 Å². The van der Waals surface area contributed by atoms with Crippen molar-refractivity contribution in [2.45, 2.75) is 20.4 Å². The van der Waals surface area contributed by atoms with Gasteiger partial charge >= 0.3 is 0 Å². The highest BCUT2D eigenvalue weighted by molar-refractivity contribution is 7.80. The largest absolute Gasteiger partial charge is 0.363 e. The fourth-order valence-corrected chi connectivity index (χ4v) is 2.09. The summed E-state index contributed by atoms with van der Waals surface area (Å²) in [6.45, 7) is 5.77. The summed E-state index contributed by atoms with van der Waals surface area (Å²) >= 11 is 6.86. The number of nitrogens with zero attached hydrogens (tertiary/aromatic N) is 2. The lowest BCUT2D eigenvalue weighted by molar-refractivity contribution is 0.494. The van der Waals surface area contributed by atoms with Crippen LogP contribution >= 0.6 is 23.6 Å². The van der Waals surface area contributed by atoms with Crippen molar-refractivity contribution in [3.8, 4) is 0 Å². The molecule has 0 aromatic carbocycles. The molecule has 0 radical (unpaired) electrons. The van der Waals surface area contributed by atoms with E-state index < -0.39 is 0 Å². The third-order valence-corrected chi connectivity index (χ3v) is 3.28. The maximum atomic E-state index is 5.19. The van der Waals surface area contributed by atoms with Crippen molar-refractivity contribution in [3.05, 3.63) is 16.1 Å². The summed E-state index contributed by atoms with van der Waals surface area (Å²) in [6.07, 6.45) is 0. The molecule has 5 heteroatoms. The van der Waals surface area contributed by atoms with Crippen LogP contribution in [0.2, 0.25) is 0 Å². The van der Waals surface area contributed by atoms with Gasteiger partial charge in [0, 0.05) is 18.5 Å². The van der Waals surface area contributed by atoms with E-state index in [1.807, 2.05) is 31.3 Å². The van der Waals surface area contributed by atoms with Crippen molar-refractivity contribution >= 4 is 28.7 Å². The average molecular weight is 229 g/mol. The van der Waals surface area contributed by atoms with Crippen LogP contribution in [-0.4, -0.2) is 28.6 Å². The normalized spacial score (nSPS) is 9.93. The molecule has 0 spiro atoms. The Hall–Kier alpha value is -0.680. The van der Waals surface area contributed by atoms with Gasteiger partial charge in [0.1, 0.15) is 0 Å². The average Bonchev–Trinajstić information content (AvgIpc) is 2.52. The summed E-state index contributed by atoms with van der Waals surface area (Å²) in [5, 5.41) is 3.91. The number of hydrogen-bond donors (Lipinski definition) is 1. The van der Waals surface area contributed by atoms with Gasteiger partial charge in [-0.3, -0.25) is 0 Å². The van der Waals surface area contributed by atoms with E-state index in [2.05, 4.69) is 10.3 Å². The lowest BCUT2D eigenvalue weighted by Gasteiger charge is -2.19. The Morgan fingerprint density at radius 1 is 1.71 bits per heavy atom. The Balaban J connectivity index is 2.52. The van der Waals surface area contributed by atoms with Crippen molar-refractivity contribution < 1.29 is 0 Å². The van der Waals surface area contributed by atoms with Crippen LogP contribution in [0.4, 0.5) is 0 Å². The SMILES string of the molecule is CCNC(=S)N(C)Cc1scnc1C. The quantitative estimate of drug-likeness (QED) is 0.800. The van der Waals surface area contributed by atoms with E-state index >= 15 is 0 Å². The second kappa shape index (κ2) is 5.26. The van der Waals surface area contributed by atoms with Gasteiger partial charge in [0.25, 0.3) is 0 Å². The molecule has 78 valence electrons. The van der Waals surface area contributed by atoms with Gasteiger partial charge < -0.3 is 10.2 Å². The lowest BCUT2D eigenvalue weighted by atomic mass is 10.4. The Bertz CT molecular complexity index is 309. The minimum absolute atomic E-state index is 0.792. The summed E-state index contributed by atoms with van der Waals surface area (Å²) in [5.74, 6) is 0. The minimum atomic E-state index is 0.792. The van der Waals surface area contributed by atoms with E-state index in [-0.39, 0.29) is 0 Å². The third kappa shape index (κ3) is 2.92. The predicted octanol–water partition coefficient (Wildman–Crippen LogP) is 1.78. The zero-order valence-electron chi connectivity index (χ0n) is 8.70. The van der Waals surface area contributed by atoms with Crippen LogP contribution < -0.4 is 5.32 Å². The van der Waals surface area contributed by atoms with E-state index in [9.17, 15) is 0 Å². The van der Waals surface area contributed by atoms with Crippen LogP contribution in [0, 0.1) is 6.92 Å². The Kier molecular flexibility index (Phi) is 4.28. The number of aryl methyl sites for hydroxylation is 1. The molecule has 0 aliphatic carbocycles. The second-order valence-corrected chi connectivity index (χ2v) is 4.38. The Labute approximate surface area is 94.1 Å². The molecule has 1 heterocycles. The number of aromatic nitrogens is 1. The van der Waals surface area contributed by atoms with Crippen molar-refractivity contribution in [2.75, 3.05) is 13.6 Å². The maximum Gasteiger partial charge on any atom is 0.168 e. The van der Waals surface area contributed by atoms with Crippen LogP contribution in [0.15, 0.2) is 5.51 Å². The van der Waals surface area contributed by atoms with Gasteiger partial charge in [-0.25, -0.2) is 4.98 Å². The molecular weight excluding hydrogens is 214 g/mol. The van der Waals surface area contributed by atoms with Gasteiger partial charge in [-0.2, -0.15) is 0 Å². The first-order chi connectivity index (χ1) is 6.65. The molecular formula is C9H15N3S2. The highest BCUT2D eigenvalue weighted by atomic mass is 32.1. The summed E-state index contributed by atoms with van der Waals surface area (Å²) in [5.41, 5.74) is 2.97. The van der Waals surface area contributed by atoms with E-state index in [0.717, 1.165) is 23.9 Å². The number of rotatable bonds is 3. The molecule has 3 nitrogen and oxygen atoms in total. The zero-order valence-corrected chi connectivity index (χ0v) is 10.3. The molecule has 0 fully saturated rings.